The van der Waals surface area contributed by atoms with Gasteiger partial charge < -0.3 is 85.5 Å². The number of hydrogen-bond acceptors (Lipinski definition) is 15. The number of nitrogens with two attached hydrogens (primary N) is 3. The lowest BCUT2D eigenvalue weighted by Crippen LogP contribution is -2.61. The van der Waals surface area contributed by atoms with E-state index in [0.29, 0.717) is 36.0 Å². The smallest absolute Gasteiger partial charge is 0.245 e. The maximum atomic E-state index is 14.8. The molecule has 0 saturated carbocycles. The topological polar surface area (TPSA) is 454 Å². The first-order chi connectivity index (χ1) is 44.0. The summed E-state index contributed by atoms with van der Waals surface area (Å²) in [6.45, 7) is 2.65. The summed E-state index contributed by atoms with van der Waals surface area (Å²) in [7, 11) is 0. The zero-order chi connectivity index (χ0) is 66.9. The van der Waals surface area contributed by atoms with E-state index in [9.17, 15) is 63.0 Å². The van der Waals surface area contributed by atoms with Crippen LogP contribution in [0.1, 0.15) is 94.7 Å². The average Bonchev–Trinajstić information content (AvgIpc) is 1.23. The van der Waals surface area contributed by atoms with E-state index in [2.05, 4.69) is 53.2 Å². The predicted molar refractivity (Wildman–Crippen MR) is 340 cm³/mol. The summed E-state index contributed by atoms with van der Waals surface area (Å²) in [5.74, 6) is -8.88. The maximum absolute atomic E-state index is 14.8. The lowest BCUT2D eigenvalue weighted by atomic mass is 9.97. The Hall–Kier alpha value is -9.70. The first-order valence-electron chi connectivity index (χ1n) is 31.0. The summed E-state index contributed by atoms with van der Waals surface area (Å²) in [6.07, 6.45) is 1.56. The minimum atomic E-state index is -1.77. The number of nitrogens with one attached hydrogen (secondary N) is 11. The number of aliphatic hydroxyl groups excluding tert-OH is 1. The van der Waals surface area contributed by atoms with Crippen molar-refractivity contribution in [3.8, 4) is 5.75 Å². The number of hydrogen-bond donors (Lipinski definition) is 16. The normalized spacial score (nSPS) is 16.7. The van der Waals surface area contributed by atoms with E-state index in [4.69, 9.17) is 22.6 Å². The van der Waals surface area contributed by atoms with Crippen LogP contribution in [0.2, 0.25) is 0 Å². The van der Waals surface area contributed by atoms with Gasteiger partial charge in [-0.15, -0.1) is 0 Å². The standard InChI is InChI=1S/C64H87N15O13/c1-37(2)31-47(57(86)73-46(20-11-29-69-64(67)68)63(92)79-30-12-21-52(79)62(91)70-35-53(66)82)74-55(84)44(19-8-9-28-65)72-58(87)49(33-39-22-24-42(81)25-23-39)76-61(90)51(36-80)78-60(89)50(34-41-17-10-16-40-15-6-7-18-43(40)41)77-59(88)48(32-38-13-4-3-5-14-38)75-56(85)45-26-27-54(83)71-45/h3-7,10,13-18,22-25,37,44-52,80-81H,8-9,11-12,19-21,26-36,65H2,1-2H3,(H2,66,82)(H,70,91)(H,71,83)(H,72,87)(H,73,86)(H,74,84)(H,75,85)(H,76,90)(H,77,88)(H,78,89)(H4,67,68,69)/t44-,45+,46+,47+,48-,49+,50+,51+,52+/m1/s1. The minimum Gasteiger partial charge on any atom is -0.508 e. The lowest BCUT2D eigenvalue weighted by molar-refractivity contribution is -0.142. The molecule has 496 valence electrons. The Morgan fingerprint density at radius 1 is 0.609 bits per heavy atom. The molecule has 0 aromatic heterocycles. The summed E-state index contributed by atoms with van der Waals surface area (Å²) >= 11 is 0. The molecule has 19 N–H and O–H groups in total. The van der Waals surface area contributed by atoms with E-state index >= 15 is 0 Å². The van der Waals surface area contributed by atoms with Gasteiger partial charge in [0.1, 0.15) is 60.1 Å². The second kappa shape index (κ2) is 35.6. The van der Waals surface area contributed by atoms with Gasteiger partial charge in [-0.1, -0.05) is 98.8 Å². The number of unbranched alkanes of at least 4 members (excludes halogenated alkanes) is 1. The second-order valence-electron chi connectivity index (χ2n) is 23.4. The molecular weight excluding hydrogens is 1190 g/mol. The van der Waals surface area contributed by atoms with Crippen LogP contribution in [0, 0.1) is 11.3 Å². The van der Waals surface area contributed by atoms with E-state index in [1.54, 1.807) is 62.4 Å². The monoisotopic (exact) mass is 1270 g/mol. The van der Waals surface area contributed by atoms with E-state index in [-0.39, 0.29) is 107 Å². The molecule has 11 amide bonds. The Bertz CT molecular complexity index is 3240. The van der Waals surface area contributed by atoms with Gasteiger partial charge in [-0.3, -0.25) is 58.1 Å². The van der Waals surface area contributed by atoms with Gasteiger partial charge in [0, 0.05) is 38.8 Å². The summed E-state index contributed by atoms with van der Waals surface area (Å²) in [5.41, 5.74) is 18.3. The summed E-state index contributed by atoms with van der Waals surface area (Å²) in [4.78, 5) is 154. The highest BCUT2D eigenvalue weighted by Crippen LogP contribution is 2.23. The number of nitrogens with zero attached hydrogens (tertiary/aromatic N) is 1. The molecular formula is C64H87N15O13. The van der Waals surface area contributed by atoms with Gasteiger partial charge in [-0.25, -0.2) is 0 Å². The van der Waals surface area contributed by atoms with E-state index < -0.39 is 127 Å². The third-order valence-electron chi connectivity index (χ3n) is 15.8. The highest BCUT2D eigenvalue weighted by molar-refractivity contribution is 6.00. The third kappa shape index (κ3) is 22.1. The maximum Gasteiger partial charge on any atom is 0.245 e. The van der Waals surface area contributed by atoms with Crippen molar-refractivity contribution in [3.63, 3.8) is 0 Å². The zero-order valence-electron chi connectivity index (χ0n) is 51.8. The number of fused-ring (bicyclic) bond motifs is 1. The first kappa shape index (κ1) is 71.4. The molecule has 0 spiro atoms. The van der Waals surface area contributed by atoms with Crippen LogP contribution in [-0.4, -0.2) is 173 Å². The molecule has 9 atom stereocenters. The molecule has 92 heavy (non-hydrogen) atoms. The van der Waals surface area contributed by atoms with Crippen molar-refractivity contribution in [3.05, 3.63) is 114 Å². The van der Waals surface area contributed by atoms with Gasteiger partial charge in [0.15, 0.2) is 5.96 Å². The van der Waals surface area contributed by atoms with E-state index in [0.717, 1.165) is 10.8 Å². The molecule has 2 aliphatic rings. The van der Waals surface area contributed by atoms with Crippen LogP contribution in [0.25, 0.3) is 10.8 Å². The molecule has 2 fully saturated rings. The SMILES string of the molecule is CC(C)C[C@H](NC(=O)[C@@H](CCCCN)NC(=O)[C@H](Cc1ccc(O)cc1)NC(=O)[C@H](CO)NC(=O)[C@H](Cc1cccc2ccccc12)NC(=O)[C@@H](Cc1ccccc1)NC(=O)[C@@H]1CCC(=O)N1)C(=O)N[C@@H](CCCNC(=N)N)C(=O)N1CCC[C@H]1C(=O)NCC(N)=O. The van der Waals surface area contributed by atoms with Crippen molar-refractivity contribution in [2.45, 2.75) is 152 Å². The van der Waals surface area contributed by atoms with Crippen molar-refractivity contribution >= 4 is 81.7 Å². The third-order valence-corrected chi connectivity index (χ3v) is 15.8. The fourth-order valence-corrected chi connectivity index (χ4v) is 11.0. The number of guanidine groups is 1. The number of aromatic hydroxyl groups is 1. The summed E-state index contributed by atoms with van der Waals surface area (Å²) in [6, 6.07) is 15.4. The Kier molecular flexibility index (Phi) is 27.6. The molecule has 4 aromatic rings. The van der Waals surface area contributed by atoms with E-state index in [1.165, 1.54) is 29.2 Å². The van der Waals surface area contributed by atoms with Crippen molar-refractivity contribution in [1.29, 1.82) is 5.41 Å². The number of rotatable bonds is 35. The van der Waals surface area contributed by atoms with Gasteiger partial charge >= 0.3 is 0 Å². The summed E-state index contributed by atoms with van der Waals surface area (Å²) in [5, 5.41) is 56.8. The van der Waals surface area contributed by atoms with Crippen LogP contribution in [0.4, 0.5) is 0 Å². The number of primary amides is 1. The zero-order valence-corrected chi connectivity index (χ0v) is 51.8. The van der Waals surface area contributed by atoms with Crippen molar-refractivity contribution < 1.29 is 63.0 Å². The molecule has 2 heterocycles. The molecule has 2 saturated heterocycles. The number of amides is 11. The van der Waals surface area contributed by atoms with Gasteiger partial charge in [0.05, 0.1) is 13.2 Å². The number of carbonyl (C=O) groups excluding carboxylic acids is 11. The Balaban J connectivity index is 1.24. The number of benzene rings is 4. The van der Waals surface area contributed by atoms with Crippen LogP contribution < -0.4 is 70.4 Å². The van der Waals surface area contributed by atoms with Crippen LogP contribution in [0.3, 0.4) is 0 Å². The Labute approximate surface area is 533 Å². The largest absolute Gasteiger partial charge is 0.508 e. The molecule has 6 rings (SSSR count). The van der Waals surface area contributed by atoms with Crippen LogP contribution in [-0.2, 0) is 72.0 Å². The van der Waals surface area contributed by atoms with Gasteiger partial charge in [-0.05, 0) is 110 Å². The van der Waals surface area contributed by atoms with Crippen LogP contribution in [0.15, 0.2) is 97.1 Å². The number of phenolic OH excluding ortho intramolecular Hbond substituents is 1. The summed E-state index contributed by atoms with van der Waals surface area (Å²) < 4.78 is 0. The minimum absolute atomic E-state index is 0.00883. The van der Waals surface area contributed by atoms with Crippen molar-refractivity contribution in [1.82, 2.24) is 58.1 Å². The Morgan fingerprint density at radius 2 is 1.16 bits per heavy atom. The molecule has 28 heteroatoms. The van der Waals surface area contributed by atoms with Crippen molar-refractivity contribution in [2.75, 3.05) is 32.8 Å². The molecule has 4 aromatic carbocycles. The van der Waals surface area contributed by atoms with Gasteiger partial charge in [0.25, 0.3) is 0 Å². The van der Waals surface area contributed by atoms with E-state index in [1.807, 2.05) is 24.3 Å². The van der Waals surface area contributed by atoms with Crippen LogP contribution >= 0.6 is 0 Å². The fourth-order valence-electron chi connectivity index (χ4n) is 11.0. The molecule has 0 radical (unpaired) electrons. The molecule has 0 unspecified atom stereocenters. The molecule has 28 nitrogen and oxygen atoms in total. The second-order valence-corrected chi connectivity index (χ2v) is 23.4. The van der Waals surface area contributed by atoms with Crippen LogP contribution in [0.5, 0.6) is 5.75 Å². The highest BCUT2D eigenvalue weighted by atomic mass is 16.3. The number of aliphatic hydroxyl groups is 1. The number of phenols is 1. The Morgan fingerprint density at radius 3 is 1.79 bits per heavy atom. The fraction of sp³-hybridized carbons (Fsp3) is 0.469. The van der Waals surface area contributed by atoms with Crippen molar-refractivity contribution in [2.24, 2.45) is 23.1 Å². The van der Waals surface area contributed by atoms with Gasteiger partial charge in [-0.2, -0.15) is 0 Å². The molecule has 0 bridgehead atoms. The lowest BCUT2D eigenvalue weighted by Gasteiger charge is -2.30. The number of carbonyl (C=O) groups is 11. The predicted octanol–water partition coefficient (Wildman–Crippen LogP) is -1.73. The molecule has 0 aliphatic carbocycles. The molecule has 2 aliphatic heterocycles. The first-order valence-corrected chi connectivity index (χ1v) is 31.0. The van der Waals surface area contributed by atoms with Gasteiger partial charge in [0.2, 0.25) is 65.0 Å². The quantitative estimate of drug-likeness (QED) is 0.0138. The number of likely N-dealkylation sites (tertiary alicyclic amines) is 1. The average molecular weight is 1270 g/mol. The highest BCUT2D eigenvalue weighted by Gasteiger charge is 2.40.